The number of halogens is 3. The molecule has 8 nitrogen and oxygen atoms in total. The predicted octanol–water partition coefficient (Wildman–Crippen LogP) is 3.20. The van der Waals surface area contributed by atoms with Crippen LogP contribution < -0.4 is 15.1 Å². The molecule has 2 aromatic heterocycles. The quantitative estimate of drug-likeness (QED) is 0.283. The minimum Gasteiger partial charge on any atom is -0.846 e. The molecule has 2 heterocycles. The number of hydrogen-bond donors (Lipinski definition) is 1. The second kappa shape index (κ2) is 8.77. The van der Waals surface area contributed by atoms with Crippen LogP contribution in [0.15, 0.2) is 70.4 Å². The number of rotatable bonds is 5. The zero-order valence-corrected chi connectivity index (χ0v) is 17.7. The molecule has 0 saturated heterocycles. The van der Waals surface area contributed by atoms with E-state index in [1.165, 1.54) is 23.0 Å². The van der Waals surface area contributed by atoms with Gasteiger partial charge in [0.1, 0.15) is 5.82 Å². The highest BCUT2D eigenvalue weighted by Gasteiger charge is 2.30. The molecule has 170 valence electrons. The topological polar surface area (TPSA) is 95.2 Å². The van der Waals surface area contributed by atoms with Gasteiger partial charge in [0.2, 0.25) is 11.8 Å². The molecule has 0 atom stereocenters. The van der Waals surface area contributed by atoms with Gasteiger partial charge in [0, 0.05) is 18.3 Å². The van der Waals surface area contributed by atoms with Gasteiger partial charge in [-0.3, -0.25) is 4.52 Å². The van der Waals surface area contributed by atoms with Crippen LogP contribution in [0.5, 0.6) is 0 Å². The Morgan fingerprint density at radius 1 is 1.21 bits per heavy atom. The normalized spacial score (nSPS) is 12.2. The van der Waals surface area contributed by atoms with Gasteiger partial charge < -0.3 is 15.0 Å². The van der Waals surface area contributed by atoms with Crippen LogP contribution >= 0.6 is 0 Å². The Kier molecular flexibility index (Phi) is 5.86. The summed E-state index contributed by atoms with van der Waals surface area (Å²) in [5.41, 5.74) is 2.06. The van der Waals surface area contributed by atoms with Crippen LogP contribution in [-0.2, 0) is 19.8 Å². The van der Waals surface area contributed by atoms with Crippen LogP contribution in [0.3, 0.4) is 0 Å². The molecule has 0 amide bonds. The number of aromatic nitrogens is 4. The standard InChI is InChI=1S/C22H19F3N6O2/c1-14-26-11-19(30(14)2)16-8-6-15(7-9-16)12-31-13-20(33-29-31)28-21(32)27-18-5-3-4-17(10-18)22(23,24)25/h3-11,13H,12H2,1-2H3,(H-,27,28,29,32). The van der Waals surface area contributed by atoms with E-state index in [9.17, 15) is 18.3 Å². The number of alkyl halides is 3. The third-order valence-corrected chi connectivity index (χ3v) is 4.97. The zero-order chi connectivity index (χ0) is 23.6. The highest BCUT2D eigenvalue weighted by molar-refractivity contribution is 5.87. The van der Waals surface area contributed by atoms with E-state index in [4.69, 9.17) is 4.52 Å². The molecule has 0 aliphatic heterocycles. The SMILES string of the molecule is Cc1ncc(-c2ccc(C[n+]3cc(N=C([O-])Nc4cccc(C(F)(F)F)c4)on3)cc2)n1C. The van der Waals surface area contributed by atoms with Crippen LogP contribution in [0, 0.1) is 6.92 Å². The molecule has 0 bridgehead atoms. The first kappa shape index (κ1) is 22.1. The summed E-state index contributed by atoms with van der Waals surface area (Å²) in [4.78, 5) is 7.98. The smallest absolute Gasteiger partial charge is 0.416 e. The summed E-state index contributed by atoms with van der Waals surface area (Å²) in [7, 11) is 1.95. The van der Waals surface area contributed by atoms with Gasteiger partial charge in [0.15, 0.2) is 0 Å². The third kappa shape index (κ3) is 5.20. The van der Waals surface area contributed by atoms with Crippen LogP contribution in [-0.4, -0.2) is 20.8 Å². The van der Waals surface area contributed by atoms with Gasteiger partial charge in [-0.25, -0.2) is 9.98 Å². The largest absolute Gasteiger partial charge is 0.846 e. The van der Waals surface area contributed by atoms with Gasteiger partial charge in [-0.2, -0.15) is 13.2 Å². The molecule has 2 aromatic carbocycles. The lowest BCUT2D eigenvalue weighted by Gasteiger charge is -2.14. The summed E-state index contributed by atoms with van der Waals surface area (Å²) < 4.78 is 46.9. The maximum Gasteiger partial charge on any atom is 0.416 e. The Balaban J connectivity index is 1.41. The molecule has 11 heteroatoms. The van der Waals surface area contributed by atoms with Crippen molar-refractivity contribution in [2.24, 2.45) is 12.0 Å². The average Bonchev–Trinajstić information content (AvgIpc) is 3.34. The monoisotopic (exact) mass is 456 g/mol. The summed E-state index contributed by atoms with van der Waals surface area (Å²) >= 11 is 0. The fourth-order valence-corrected chi connectivity index (χ4v) is 3.16. The molecular weight excluding hydrogens is 437 g/mol. The zero-order valence-electron chi connectivity index (χ0n) is 17.7. The lowest BCUT2D eigenvalue weighted by atomic mass is 10.1. The molecule has 0 fully saturated rings. The van der Waals surface area contributed by atoms with Gasteiger partial charge in [-0.15, -0.1) is 0 Å². The van der Waals surface area contributed by atoms with Crippen LogP contribution in [0.4, 0.5) is 24.7 Å². The maximum absolute atomic E-state index is 12.8. The fraction of sp³-hybridized carbons (Fsp3) is 0.182. The average molecular weight is 456 g/mol. The van der Waals surface area contributed by atoms with Crippen LogP contribution in [0.25, 0.3) is 11.3 Å². The van der Waals surface area contributed by atoms with E-state index >= 15 is 0 Å². The molecule has 0 aliphatic rings. The number of nitrogens with one attached hydrogen (secondary N) is 1. The van der Waals surface area contributed by atoms with E-state index in [2.05, 4.69) is 20.6 Å². The highest BCUT2D eigenvalue weighted by atomic mass is 19.4. The number of hydrogen-bond acceptors (Lipinski definition) is 5. The molecule has 0 radical (unpaired) electrons. The number of aliphatic imine (C=N–C) groups is 1. The molecule has 4 rings (SSSR count). The number of benzene rings is 2. The lowest BCUT2D eigenvalue weighted by molar-refractivity contribution is -0.754. The van der Waals surface area contributed by atoms with Crippen molar-refractivity contribution in [3.63, 3.8) is 0 Å². The van der Waals surface area contributed by atoms with E-state index in [0.717, 1.165) is 34.8 Å². The minimum atomic E-state index is -4.51. The van der Waals surface area contributed by atoms with Crippen molar-refractivity contribution in [3.8, 4) is 11.3 Å². The van der Waals surface area contributed by atoms with Gasteiger partial charge in [0.05, 0.1) is 23.5 Å². The summed E-state index contributed by atoms with van der Waals surface area (Å²) in [5, 5.41) is 18.1. The summed E-state index contributed by atoms with van der Waals surface area (Å²) in [6.45, 7) is 2.31. The van der Waals surface area contributed by atoms with Crippen molar-refractivity contribution in [3.05, 3.63) is 77.9 Å². The number of imidazole rings is 1. The molecule has 1 N–H and O–H groups in total. The van der Waals surface area contributed by atoms with Crippen molar-refractivity contribution >= 4 is 17.6 Å². The van der Waals surface area contributed by atoms with E-state index in [1.54, 1.807) is 0 Å². The van der Waals surface area contributed by atoms with Crippen molar-refractivity contribution in [2.75, 3.05) is 5.32 Å². The number of nitrogens with zero attached hydrogens (tertiary/aromatic N) is 5. The van der Waals surface area contributed by atoms with E-state index in [-0.39, 0.29) is 11.6 Å². The second-order valence-corrected chi connectivity index (χ2v) is 7.30. The van der Waals surface area contributed by atoms with Crippen LogP contribution in [0.2, 0.25) is 0 Å². The van der Waals surface area contributed by atoms with E-state index in [0.29, 0.717) is 6.54 Å². The Bertz CT molecular complexity index is 1290. The number of anilines is 1. The Morgan fingerprint density at radius 3 is 2.64 bits per heavy atom. The number of amidine groups is 1. The summed E-state index contributed by atoms with van der Waals surface area (Å²) in [6.07, 6.45) is -1.28. The Labute approximate surface area is 186 Å². The van der Waals surface area contributed by atoms with Crippen LogP contribution in [0.1, 0.15) is 17.0 Å². The first-order valence-electron chi connectivity index (χ1n) is 9.83. The van der Waals surface area contributed by atoms with Crippen molar-refractivity contribution in [2.45, 2.75) is 19.6 Å². The molecule has 0 unspecified atom stereocenters. The summed E-state index contributed by atoms with van der Waals surface area (Å²) in [6, 6.07) is 11.2. The molecule has 0 spiro atoms. The van der Waals surface area contributed by atoms with E-state index < -0.39 is 17.8 Å². The van der Waals surface area contributed by atoms with Crippen molar-refractivity contribution in [1.82, 2.24) is 14.8 Å². The maximum atomic E-state index is 12.8. The summed E-state index contributed by atoms with van der Waals surface area (Å²) in [5.74, 6) is 0.835. The van der Waals surface area contributed by atoms with E-state index in [1.807, 2.05) is 49.0 Å². The fourth-order valence-electron chi connectivity index (χ4n) is 3.16. The number of aryl methyl sites for hydroxylation is 1. The van der Waals surface area contributed by atoms with Gasteiger partial charge >= 0.3 is 12.1 Å². The van der Waals surface area contributed by atoms with Gasteiger partial charge in [-0.05, 0) is 35.4 Å². The molecule has 0 saturated carbocycles. The lowest BCUT2D eigenvalue weighted by Crippen LogP contribution is -2.35. The first-order chi connectivity index (χ1) is 15.7. The van der Waals surface area contributed by atoms with Gasteiger partial charge in [0.25, 0.3) is 6.20 Å². The molecule has 4 aromatic rings. The Hall–Kier alpha value is -4.15. The molecule has 33 heavy (non-hydrogen) atoms. The predicted molar refractivity (Wildman–Crippen MR) is 111 cm³/mol. The van der Waals surface area contributed by atoms with Crippen molar-refractivity contribution in [1.29, 1.82) is 0 Å². The molecule has 0 aliphatic carbocycles. The van der Waals surface area contributed by atoms with Crippen molar-refractivity contribution < 1.29 is 27.5 Å². The highest BCUT2D eigenvalue weighted by Crippen LogP contribution is 2.30. The third-order valence-electron chi connectivity index (χ3n) is 4.97. The second-order valence-electron chi connectivity index (χ2n) is 7.30. The molecular formula is C22H19F3N6O2. The first-order valence-corrected chi connectivity index (χ1v) is 9.83. The minimum absolute atomic E-state index is 0.0327. The van der Waals surface area contributed by atoms with Gasteiger partial charge in [-0.1, -0.05) is 30.3 Å². The Morgan fingerprint density at radius 2 is 1.97 bits per heavy atom.